The number of aliphatic hydroxyl groups excluding tert-OH is 1. The molecule has 7 heteroatoms. The van der Waals surface area contributed by atoms with Crippen LogP contribution in [0.1, 0.15) is 31.0 Å². The summed E-state index contributed by atoms with van der Waals surface area (Å²) in [5, 5.41) is 11.5. The van der Waals surface area contributed by atoms with Crippen molar-refractivity contribution in [3.63, 3.8) is 0 Å². The molecule has 1 unspecified atom stereocenters. The normalized spacial score (nSPS) is 18.1. The molecule has 1 atom stereocenters. The van der Waals surface area contributed by atoms with Crippen LogP contribution in [0.2, 0.25) is 5.02 Å². The van der Waals surface area contributed by atoms with Gasteiger partial charge in [0.2, 0.25) is 0 Å². The third-order valence-corrected chi connectivity index (χ3v) is 5.89. The smallest absolute Gasteiger partial charge is 0.295 e. The molecule has 1 amide bonds. The lowest BCUT2D eigenvalue weighted by molar-refractivity contribution is -0.140. The van der Waals surface area contributed by atoms with Gasteiger partial charge in [-0.1, -0.05) is 37.6 Å². The van der Waals surface area contributed by atoms with E-state index in [-0.39, 0.29) is 11.3 Å². The molecule has 0 aromatic heterocycles. The number of nitrogens with zero attached hydrogens (tertiary/aromatic N) is 2. The summed E-state index contributed by atoms with van der Waals surface area (Å²) in [6, 6.07) is 13.0. The number of hydrogen-bond acceptors (Lipinski definition) is 5. The summed E-state index contributed by atoms with van der Waals surface area (Å²) in [5.41, 5.74) is 1.25. The Morgan fingerprint density at radius 3 is 2.23 bits per heavy atom. The molecule has 0 radical (unpaired) electrons. The zero-order valence-electron chi connectivity index (χ0n) is 18.0. The fraction of sp³-hybridized carbons (Fsp3) is 0.333. The van der Waals surface area contributed by atoms with E-state index < -0.39 is 17.7 Å². The number of amides is 1. The highest BCUT2D eigenvalue weighted by molar-refractivity contribution is 6.46. The Kier molecular flexibility index (Phi) is 7.36. The molecule has 6 nitrogen and oxygen atoms in total. The number of carbonyl (C=O) groups is 2. The molecule has 1 fully saturated rings. The van der Waals surface area contributed by atoms with Gasteiger partial charge in [0.25, 0.3) is 11.7 Å². The van der Waals surface area contributed by atoms with Crippen LogP contribution < -0.4 is 4.74 Å². The lowest BCUT2D eigenvalue weighted by Gasteiger charge is -2.28. The van der Waals surface area contributed by atoms with Gasteiger partial charge in [-0.15, -0.1) is 0 Å². The maximum absolute atomic E-state index is 13.0. The minimum Gasteiger partial charge on any atom is -0.507 e. The quantitative estimate of drug-likeness (QED) is 0.378. The molecule has 3 rings (SSSR count). The second-order valence-corrected chi connectivity index (χ2v) is 7.74. The average molecular weight is 443 g/mol. The standard InChI is InChI=1S/C24H27ClN2O4/c1-4-26(5-2)14-15-27-21(16-8-12-19(31-3)13-9-16)20(23(29)24(27)30)22(28)17-6-10-18(25)11-7-17/h6-13,21,28H,4-5,14-15H2,1-3H3/b22-20-. The monoisotopic (exact) mass is 442 g/mol. The molecule has 164 valence electrons. The van der Waals surface area contributed by atoms with Crippen molar-refractivity contribution in [1.82, 2.24) is 9.80 Å². The Balaban J connectivity index is 2.08. The summed E-state index contributed by atoms with van der Waals surface area (Å²) in [4.78, 5) is 29.7. The molecule has 0 aliphatic carbocycles. The number of Topliss-reactive ketones (excluding diaryl/α,β-unsaturated/α-hetero) is 1. The predicted octanol–water partition coefficient (Wildman–Crippen LogP) is 4.11. The minimum atomic E-state index is -0.687. The van der Waals surface area contributed by atoms with Crippen LogP contribution in [0.5, 0.6) is 5.75 Å². The number of carbonyl (C=O) groups excluding carboxylic acids is 2. The molecular formula is C24H27ClN2O4. The second-order valence-electron chi connectivity index (χ2n) is 7.30. The number of hydrogen-bond donors (Lipinski definition) is 1. The average Bonchev–Trinajstić information content (AvgIpc) is 3.04. The Bertz CT molecular complexity index is 966. The van der Waals surface area contributed by atoms with E-state index in [9.17, 15) is 14.7 Å². The second kappa shape index (κ2) is 9.98. The molecule has 0 saturated carbocycles. The Hall–Kier alpha value is -2.83. The Labute approximate surface area is 187 Å². The highest BCUT2D eigenvalue weighted by Crippen LogP contribution is 2.39. The lowest BCUT2D eigenvalue weighted by Crippen LogP contribution is -2.38. The van der Waals surface area contributed by atoms with Gasteiger partial charge in [-0.25, -0.2) is 0 Å². The minimum absolute atomic E-state index is 0.0806. The van der Waals surface area contributed by atoms with Gasteiger partial charge < -0.3 is 19.6 Å². The number of ether oxygens (including phenoxy) is 1. The van der Waals surface area contributed by atoms with Gasteiger partial charge in [0.05, 0.1) is 18.7 Å². The molecule has 0 spiro atoms. The van der Waals surface area contributed by atoms with Crippen LogP contribution in [0.3, 0.4) is 0 Å². The van der Waals surface area contributed by atoms with E-state index in [4.69, 9.17) is 16.3 Å². The van der Waals surface area contributed by atoms with E-state index in [1.807, 2.05) is 12.1 Å². The molecule has 1 N–H and O–H groups in total. The maximum atomic E-state index is 13.0. The summed E-state index contributed by atoms with van der Waals surface area (Å²) in [5.74, 6) is -0.834. The molecule has 1 aliphatic rings. The number of aliphatic hydroxyl groups is 1. The Morgan fingerprint density at radius 2 is 1.68 bits per heavy atom. The van der Waals surface area contributed by atoms with Crippen LogP contribution in [0.15, 0.2) is 54.1 Å². The third-order valence-electron chi connectivity index (χ3n) is 5.64. The van der Waals surface area contributed by atoms with Crippen LogP contribution >= 0.6 is 11.6 Å². The summed E-state index contributed by atoms with van der Waals surface area (Å²) < 4.78 is 5.24. The van der Waals surface area contributed by atoms with Crippen molar-refractivity contribution in [3.8, 4) is 5.75 Å². The Morgan fingerprint density at radius 1 is 1.06 bits per heavy atom. The van der Waals surface area contributed by atoms with E-state index in [0.29, 0.717) is 29.4 Å². The van der Waals surface area contributed by atoms with Crippen molar-refractivity contribution in [1.29, 1.82) is 0 Å². The van der Waals surface area contributed by atoms with Crippen molar-refractivity contribution in [2.24, 2.45) is 0 Å². The van der Waals surface area contributed by atoms with Crippen LogP contribution in [0, 0.1) is 0 Å². The van der Waals surface area contributed by atoms with Gasteiger partial charge in [-0.2, -0.15) is 0 Å². The third kappa shape index (κ3) is 4.75. The molecule has 1 aliphatic heterocycles. The number of halogens is 1. The van der Waals surface area contributed by atoms with Crippen molar-refractivity contribution >= 4 is 29.1 Å². The summed E-state index contributed by atoms with van der Waals surface area (Å²) >= 11 is 5.96. The van der Waals surface area contributed by atoms with E-state index >= 15 is 0 Å². The summed E-state index contributed by atoms with van der Waals surface area (Å²) in [7, 11) is 1.58. The van der Waals surface area contributed by atoms with Gasteiger partial charge in [0, 0.05) is 23.7 Å². The van der Waals surface area contributed by atoms with Crippen molar-refractivity contribution in [3.05, 3.63) is 70.3 Å². The van der Waals surface area contributed by atoms with Crippen molar-refractivity contribution in [2.45, 2.75) is 19.9 Å². The molecule has 2 aromatic carbocycles. The van der Waals surface area contributed by atoms with E-state index in [0.717, 1.165) is 18.7 Å². The first kappa shape index (κ1) is 22.8. The number of benzene rings is 2. The predicted molar refractivity (Wildman–Crippen MR) is 121 cm³/mol. The largest absolute Gasteiger partial charge is 0.507 e. The molecule has 0 bridgehead atoms. The number of methoxy groups -OCH3 is 1. The highest BCUT2D eigenvalue weighted by Gasteiger charge is 2.45. The summed E-state index contributed by atoms with van der Waals surface area (Å²) in [6.45, 7) is 6.81. The molecular weight excluding hydrogens is 416 g/mol. The topological polar surface area (TPSA) is 70.1 Å². The SMILES string of the molecule is CCN(CC)CCN1C(=O)C(=O)/C(=C(\O)c2ccc(Cl)cc2)C1c1ccc(OC)cc1. The molecule has 1 heterocycles. The molecule has 31 heavy (non-hydrogen) atoms. The zero-order chi connectivity index (χ0) is 22.5. The maximum Gasteiger partial charge on any atom is 0.295 e. The van der Waals surface area contributed by atoms with Crippen molar-refractivity contribution < 1.29 is 19.4 Å². The first-order valence-electron chi connectivity index (χ1n) is 10.3. The van der Waals surface area contributed by atoms with Crippen LogP contribution in [-0.2, 0) is 9.59 Å². The van der Waals surface area contributed by atoms with Gasteiger partial charge in [-0.05, 0) is 55.1 Å². The number of likely N-dealkylation sites (N-methyl/N-ethyl adjacent to an activating group) is 1. The molecule has 1 saturated heterocycles. The van der Waals surface area contributed by atoms with E-state index in [1.165, 1.54) is 0 Å². The van der Waals surface area contributed by atoms with Crippen LogP contribution in [-0.4, -0.2) is 59.9 Å². The number of ketones is 1. The van der Waals surface area contributed by atoms with Gasteiger partial charge in [0.1, 0.15) is 11.5 Å². The fourth-order valence-corrected chi connectivity index (χ4v) is 3.92. The highest BCUT2D eigenvalue weighted by atomic mass is 35.5. The summed E-state index contributed by atoms with van der Waals surface area (Å²) in [6.07, 6.45) is 0. The van der Waals surface area contributed by atoms with Gasteiger partial charge >= 0.3 is 0 Å². The van der Waals surface area contributed by atoms with E-state index in [1.54, 1.807) is 48.4 Å². The fourth-order valence-electron chi connectivity index (χ4n) is 3.80. The van der Waals surface area contributed by atoms with Crippen LogP contribution in [0.25, 0.3) is 5.76 Å². The van der Waals surface area contributed by atoms with Crippen LogP contribution in [0.4, 0.5) is 0 Å². The van der Waals surface area contributed by atoms with E-state index in [2.05, 4.69) is 18.7 Å². The van der Waals surface area contributed by atoms with Gasteiger partial charge in [-0.3, -0.25) is 9.59 Å². The number of rotatable bonds is 8. The first-order valence-corrected chi connectivity index (χ1v) is 10.7. The van der Waals surface area contributed by atoms with Crippen molar-refractivity contribution in [2.75, 3.05) is 33.3 Å². The zero-order valence-corrected chi connectivity index (χ0v) is 18.7. The number of likely N-dealkylation sites (tertiary alicyclic amines) is 1. The van der Waals surface area contributed by atoms with Gasteiger partial charge in [0.15, 0.2) is 0 Å². The molecule has 2 aromatic rings. The first-order chi connectivity index (χ1) is 14.9. The lowest BCUT2D eigenvalue weighted by atomic mass is 9.95.